The van der Waals surface area contributed by atoms with Crippen molar-refractivity contribution in [3.8, 4) is 0 Å². The number of nitrogens with zero attached hydrogens (tertiary/aromatic N) is 1. The predicted octanol–water partition coefficient (Wildman–Crippen LogP) is 3.40. The highest BCUT2D eigenvalue weighted by Gasteiger charge is 2.15. The standard InChI is InChI=1S/C13H19FN2O2/c1-3-5-12(4-2)15-9-10-8-11(14)6-7-13(10)16(17)18/h6-8,12,15H,3-5,9H2,1-2H3. The van der Waals surface area contributed by atoms with Crippen molar-refractivity contribution in [1.29, 1.82) is 0 Å². The molecule has 0 saturated heterocycles. The lowest BCUT2D eigenvalue weighted by molar-refractivity contribution is -0.385. The summed E-state index contributed by atoms with van der Waals surface area (Å²) >= 11 is 0. The van der Waals surface area contributed by atoms with Gasteiger partial charge in [-0.2, -0.15) is 0 Å². The molecule has 0 amide bonds. The molecule has 1 unspecified atom stereocenters. The van der Waals surface area contributed by atoms with Crippen molar-refractivity contribution in [3.05, 3.63) is 39.7 Å². The maximum atomic E-state index is 13.1. The summed E-state index contributed by atoms with van der Waals surface area (Å²) in [7, 11) is 0. The molecule has 18 heavy (non-hydrogen) atoms. The van der Waals surface area contributed by atoms with E-state index in [2.05, 4.69) is 19.2 Å². The first-order chi connectivity index (χ1) is 8.58. The Morgan fingerprint density at radius 2 is 2.17 bits per heavy atom. The quantitative estimate of drug-likeness (QED) is 0.599. The average Bonchev–Trinajstić information content (AvgIpc) is 2.34. The summed E-state index contributed by atoms with van der Waals surface area (Å²) in [4.78, 5) is 10.4. The van der Waals surface area contributed by atoms with E-state index in [1.807, 2.05) is 0 Å². The molecule has 1 rings (SSSR count). The molecule has 4 nitrogen and oxygen atoms in total. The van der Waals surface area contributed by atoms with Crippen LogP contribution in [0.5, 0.6) is 0 Å². The Balaban J connectivity index is 2.76. The highest BCUT2D eigenvalue weighted by molar-refractivity contribution is 5.40. The number of nitrogens with one attached hydrogen (secondary N) is 1. The maximum Gasteiger partial charge on any atom is 0.274 e. The smallest absolute Gasteiger partial charge is 0.274 e. The molecule has 0 radical (unpaired) electrons. The zero-order valence-electron chi connectivity index (χ0n) is 10.8. The number of benzene rings is 1. The molecular formula is C13H19FN2O2. The van der Waals surface area contributed by atoms with E-state index in [1.54, 1.807) is 0 Å². The second-order valence-electron chi connectivity index (χ2n) is 4.30. The van der Waals surface area contributed by atoms with Crippen LogP contribution in [0.4, 0.5) is 10.1 Å². The molecule has 0 heterocycles. The van der Waals surface area contributed by atoms with Crippen molar-refractivity contribution in [2.75, 3.05) is 0 Å². The summed E-state index contributed by atoms with van der Waals surface area (Å²) in [5, 5.41) is 14.1. The molecule has 0 aromatic heterocycles. The minimum absolute atomic E-state index is 0.0322. The molecule has 1 N–H and O–H groups in total. The van der Waals surface area contributed by atoms with E-state index in [-0.39, 0.29) is 5.69 Å². The molecule has 0 aliphatic heterocycles. The van der Waals surface area contributed by atoms with Gasteiger partial charge in [-0.05, 0) is 25.0 Å². The first kappa shape index (κ1) is 14.6. The summed E-state index contributed by atoms with van der Waals surface area (Å²) in [5.74, 6) is -0.444. The molecule has 1 aromatic rings. The van der Waals surface area contributed by atoms with Gasteiger partial charge in [0, 0.05) is 24.2 Å². The van der Waals surface area contributed by atoms with E-state index in [4.69, 9.17) is 0 Å². The fourth-order valence-electron chi connectivity index (χ4n) is 1.93. The molecule has 1 aromatic carbocycles. The van der Waals surface area contributed by atoms with Crippen LogP contribution in [-0.4, -0.2) is 11.0 Å². The first-order valence-corrected chi connectivity index (χ1v) is 6.24. The highest BCUT2D eigenvalue weighted by atomic mass is 19.1. The third kappa shape index (κ3) is 4.07. The van der Waals surface area contributed by atoms with Gasteiger partial charge in [0.25, 0.3) is 5.69 Å². The molecule has 0 spiro atoms. The number of nitro groups is 1. The largest absolute Gasteiger partial charge is 0.310 e. The normalized spacial score (nSPS) is 12.4. The van der Waals surface area contributed by atoms with Crippen molar-refractivity contribution < 1.29 is 9.31 Å². The fourth-order valence-corrected chi connectivity index (χ4v) is 1.93. The Kier molecular flexibility index (Phi) is 5.71. The van der Waals surface area contributed by atoms with Crippen LogP contribution in [0.1, 0.15) is 38.7 Å². The van der Waals surface area contributed by atoms with E-state index in [0.717, 1.165) is 25.3 Å². The minimum atomic E-state index is -0.475. The van der Waals surface area contributed by atoms with E-state index in [0.29, 0.717) is 18.2 Å². The second kappa shape index (κ2) is 7.06. The van der Waals surface area contributed by atoms with Crippen molar-refractivity contribution >= 4 is 5.69 Å². The third-order valence-electron chi connectivity index (χ3n) is 2.95. The van der Waals surface area contributed by atoms with Crippen LogP contribution in [0.2, 0.25) is 0 Å². The molecule has 0 aliphatic carbocycles. The summed E-state index contributed by atoms with van der Waals surface area (Å²) in [5.41, 5.74) is 0.366. The van der Waals surface area contributed by atoms with Crippen molar-refractivity contribution in [3.63, 3.8) is 0 Å². The Morgan fingerprint density at radius 3 is 2.72 bits per heavy atom. The van der Waals surface area contributed by atoms with Gasteiger partial charge in [-0.25, -0.2) is 4.39 Å². The summed E-state index contributed by atoms with van der Waals surface area (Å²) in [6.07, 6.45) is 3.02. The Bertz CT molecular complexity index is 410. The maximum absolute atomic E-state index is 13.1. The highest BCUT2D eigenvalue weighted by Crippen LogP contribution is 2.19. The minimum Gasteiger partial charge on any atom is -0.310 e. The van der Waals surface area contributed by atoms with Crippen molar-refractivity contribution in [2.24, 2.45) is 0 Å². The molecule has 0 aliphatic rings. The van der Waals surface area contributed by atoms with Gasteiger partial charge in [-0.1, -0.05) is 20.3 Å². The Labute approximate surface area is 106 Å². The molecule has 0 fully saturated rings. The summed E-state index contributed by atoms with van der Waals surface area (Å²) in [6, 6.07) is 3.87. The fraction of sp³-hybridized carbons (Fsp3) is 0.538. The lowest BCUT2D eigenvalue weighted by Crippen LogP contribution is -2.28. The average molecular weight is 254 g/mol. The molecule has 0 saturated carbocycles. The van der Waals surface area contributed by atoms with Crippen LogP contribution in [0.15, 0.2) is 18.2 Å². The Hall–Kier alpha value is -1.49. The second-order valence-corrected chi connectivity index (χ2v) is 4.30. The van der Waals surface area contributed by atoms with Crippen LogP contribution in [0.25, 0.3) is 0 Å². The summed E-state index contributed by atoms with van der Waals surface area (Å²) in [6.45, 7) is 4.48. The van der Waals surface area contributed by atoms with Crippen molar-refractivity contribution in [2.45, 2.75) is 45.7 Å². The van der Waals surface area contributed by atoms with Gasteiger partial charge in [0.05, 0.1) is 4.92 Å². The third-order valence-corrected chi connectivity index (χ3v) is 2.95. The number of rotatable bonds is 7. The Morgan fingerprint density at radius 1 is 1.44 bits per heavy atom. The molecule has 1 atom stereocenters. The van der Waals surface area contributed by atoms with E-state index >= 15 is 0 Å². The zero-order chi connectivity index (χ0) is 13.5. The van der Waals surface area contributed by atoms with Crippen LogP contribution in [-0.2, 0) is 6.54 Å². The number of nitro benzene ring substituents is 1. The van der Waals surface area contributed by atoms with Gasteiger partial charge in [0.15, 0.2) is 0 Å². The molecule has 100 valence electrons. The first-order valence-electron chi connectivity index (χ1n) is 6.24. The van der Waals surface area contributed by atoms with Gasteiger partial charge in [0.1, 0.15) is 5.82 Å². The van der Waals surface area contributed by atoms with Gasteiger partial charge >= 0.3 is 0 Å². The van der Waals surface area contributed by atoms with Crippen molar-refractivity contribution in [1.82, 2.24) is 5.32 Å². The van der Waals surface area contributed by atoms with E-state index < -0.39 is 10.7 Å². The van der Waals surface area contributed by atoms with E-state index in [9.17, 15) is 14.5 Å². The molecule has 0 bridgehead atoms. The number of hydrogen-bond donors (Lipinski definition) is 1. The monoisotopic (exact) mass is 254 g/mol. The van der Waals surface area contributed by atoms with Gasteiger partial charge in [0.2, 0.25) is 0 Å². The van der Waals surface area contributed by atoms with Gasteiger partial charge in [-0.3, -0.25) is 10.1 Å². The van der Waals surface area contributed by atoms with Crippen LogP contribution in [0, 0.1) is 15.9 Å². The van der Waals surface area contributed by atoms with E-state index in [1.165, 1.54) is 12.1 Å². The van der Waals surface area contributed by atoms with Gasteiger partial charge in [-0.15, -0.1) is 0 Å². The predicted molar refractivity (Wildman–Crippen MR) is 68.9 cm³/mol. The lowest BCUT2D eigenvalue weighted by atomic mass is 10.1. The van der Waals surface area contributed by atoms with Gasteiger partial charge < -0.3 is 5.32 Å². The summed E-state index contributed by atoms with van der Waals surface area (Å²) < 4.78 is 13.1. The van der Waals surface area contributed by atoms with Crippen LogP contribution in [0.3, 0.4) is 0 Å². The lowest BCUT2D eigenvalue weighted by Gasteiger charge is -2.16. The zero-order valence-corrected chi connectivity index (χ0v) is 10.8. The molecular weight excluding hydrogens is 235 g/mol. The topological polar surface area (TPSA) is 55.2 Å². The molecule has 5 heteroatoms. The number of hydrogen-bond acceptors (Lipinski definition) is 3. The van der Waals surface area contributed by atoms with Crippen LogP contribution >= 0.6 is 0 Å². The van der Waals surface area contributed by atoms with Crippen LogP contribution < -0.4 is 5.32 Å². The number of halogens is 1. The SMILES string of the molecule is CCCC(CC)NCc1cc(F)ccc1[N+](=O)[O-].